The van der Waals surface area contributed by atoms with Crippen molar-refractivity contribution in [2.45, 2.75) is 83.2 Å². The van der Waals surface area contributed by atoms with Gasteiger partial charge in [-0.3, -0.25) is 14.4 Å². The predicted octanol–water partition coefficient (Wildman–Crippen LogP) is 4.02. The van der Waals surface area contributed by atoms with Crippen LogP contribution in [0, 0.1) is 11.8 Å². The lowest BCUT2D eigenvalue weighted by Crippen LogP contribution is -2.28. The summed E-state index contributed by atoms with van der Waals surface area (Å²) in [5.41, 5.74) is 0. The summed E-state index contributed by atoms with van der Waals surface area (Å²) < 4.78 is 31.7. The second-order valence-electron chi connectivity index (χ2n) is 7.45. The molecule has 3 atom stereocenters. The third-order valence-electron chi connectivity index (χ3n) is 5.28. The van der Waals surface area contributed by atoms with Gasteiger partial charge in [-0.1, -0.05) is 19.1 Å². The second-order valence-corrected chi connectivity index (χ2v) is 7.45. The fraction of sp³-hybridized carbons (Fsp3) is 0.762. The van der Waals surface area contributed by atoms with E-state index in [4.69, 9.17) is 0 Å². The minimum absolute atomic E-state index is 0.0654. The highest BCUT2D eigenvalue weighted by Gasteiger charge is 2.41. The van der Waals surface area contributed by atoms with E-state index in [9.17, 15) is 28.3 Å². The van der Waals surface area contributed by atoms with Gasteiger partial charge in [0.05, 0.1) is 13.2 Å². The SMILES string of the molecule is CCCC(F)(F)C(=O)CCC[C@H]1C(=O)C[C@H](O)[C@@H]1CC=CCCCC(=O)OC. The van der Waals surface area contributed by atoms with E-state index in [1.54, 1.807) is 6.92 Å². The molecule has 0 bridgehead atoms. The van der Waals surface area contributed by atoms with Crippen LogP contribution in [0.5, 0.6) is 0 Å². The maximum absolute atomic E-state index is 13.6. The molecule has 0 aromatic heterocycles. The molecule has 0 saturated heterocycles. The molecule has 0 amide bonds. The number of alkyl halides is 2. The lowest BCUT2D eigenvalue weighted by molar-refractivity contribution is -0.144. The zero-order valence-corrected chi connectivity index (χ0v) is 16.8. The molecule has 160 valence electrons. The van der Waals surface area contributed by atoms with Gasteiger partial charge in [-0.2, -0.15) is 8.78 Å². The molecule has 28 heavy (non-hydrogen) atoms. The molecular weight excluding hydrogens is 370 g/mol. The Kier molecular flexibility index (Phi) is 10.5. The molecule has 1 aliphatic carbocycles. The molecule has 1 rings (SSSR count). The van der Waals surface area contributed by atoms with Crippen molar-refractivity contribution in [3.05, 3.63) is 12.2 Å². The number of hydrogen-bond acceptors (Lipinski definition) is 5. The molecule has 7 heteroatoms. The number of Topliss-reactive ketones (excluding diaryl/α,β-unsaturated/α-hetero) is 2. The van der Waals surface area contributed by atoms with Crippen LogP contribution in [-0.2, 0) is 19.1 Å². The first-order valence-corrected chi connectivity index (χ1v) is 10.1. The second kappa shape index (κ2) is 12.0. The number of rotatable bonds is 13. The lowest BCUT2D eigenvalue weighted by atomic mass is 9.86. The Morgan fingerprint density at radius 2 is 1.96 bits per heavy atom. The van der Waals surface area contributed by atoms with E-state index in [2.05, 4.69) is 4.74 Å². The van der Waals surface area contributed by atoms with E-state index < -0.39 is 30.1 Å². The van der Waals surface area contributed by atoms with Crippen LogP contribution >= 0.6 is 0 Å². The van der Waals surface area contributed by atoms with Crippen LogP contribution in [0.25, 0.3) is 0 Å². The number of allylic oxidation sites excluding steroid dienone is 2. The van der Waals surface area contributed by atoms with Gasteiger partial charge in [0, 0.05) is 31.6 Å². The number of aliphatic hydroxyl groups excluding tert-OH is 1. The van der Waals surface area contributed by atoms with Crippen LogP contribution < -0.4 is 0 Å². The van der Waals surface area contributed by atoms with Crippen LogP contribution in [0.1, 0.15) is 71.1 Å². The Bertz CT molecular complexity index is 559. The molecule has 1 aliphatic rings. The normalized spacial score (nSPS) is 22.8. The van der Waals surface area contributed by atoms with Gasteiger partial charge >= 0.3 is 11.9 Å². The average molecular weight is 402 g/mol. The van der Waals surface area contributed by atoms with Crippen LogP contribution in [0.4, 0.5) is 8.78 Å². The predicted molar refractivity (Wildman–Crippen MR) is 101 cm³/mol. The summed E-state index contributed by atoms with van der Waals surface area (Å²) in [6.07, 6.45) is 5.43. The number of methoxy groups -OCH3 is 1. The first-order valence-electron chi connectivity index (χ1n) is 10.1. The average Bonchev–Trinajstić information content (AvgIpc) is 2.90. The van der Waals surface area contributed by atoms with E-state index in [0.717, 1.165) is 0 Å². The maximum atomic E-state index is 13.6. The van der Waals surface area contributed by atoms with Crippen molar-refractivity contribution >= 4 is 17.5 Å². The van der Waals surface area contributed by atoms with Gasteiger partial charge < -0.3 is 9.84 Å². The third-order valence-corrected chi connectivity index (χ3v) is 5.28. The molecule has 5 nitrogen and oxygen atoms in total. The van der Waals surface area contributed by atoms with Crippen molar-refractivity contribution in [1.82, 2.24) is 0 Å². The van der Waals surface area contributed by atoms with Gasteiger partial charge in [0.2, 0.25) is 5.78 Å². The Hall–Kier alpha value is -1.63. The summed E-state index contributed by atoms with van der Waals surface area (Å²) in [6.45, 7) is 1.60. The number of carbonyl (C=O) groups excluding carboxylic acids is 3. The van der Waals surface area contributed by atoms with Crippen molar-refractivity contribution in [2.24, 2.45) is 11.8 Å². The fourth-order valence-electron chi connectivity index (χ4n) is 3.67. The Morgan fingerprint density at radius 1 is 1.25 bits per heavy atom. The zero-order valence-electron chi connectivity index (χ0n) is 16.8. The molecule has 1 saturated carbocycles. The molecule has 0 radical (unpaired) electrons. The first-order chi connectivity index (χ1) is 13.2. The number of halogens is 2. The van der Waals surface area contributed by atoms with Crippen molar-refractivity contribution in [3.63, 3.8) is 0 Å². The summed E-state index contributed by atoms with van der Waals surface area (Å²) in [6, 6.07) is 0. The first kappa shape index (κ1) is 24.4. The van der Waals surface area contributed by atoms with Crippen LogP contribution in [-0.4, -0.2) is 41.8 Å². The third kappa shape index (κ3) is 7.78. The van der Waals surface area contributed by atoms with E-state index in [-0.39, 0.29) is 43.4 Å². The van der Waals surface area contributed by atoms with E-state index in [1.807, 2.05) is 12.2 Å². The summed E-state index contributed by atoms with van der Waals surface area (Å²) >= 11 is 0. The Balaban J connectivity index is 2.45. The standard InChI is InChI=1S/C21H32F2O5/c1-3-13-21(22,23)19(26)11-8-10-16-15(17(24)14-18(16)25)9-6-4-5-7-12-20(27)28-2/h4,6,15-17,24H,3,5,7-14H2,1-2H3/t15-,16-,17+/m1/s1. The number of ether oxygens (including phenoxy) is 1. The van der Waals surface area contributed by atoms with Gasteiger partial charge in [0.1, 0.15) is 5.78 Å². The highest BCUT2D eigenvalue weighted by molar-refractivity contribution is 5.86. The quantitative estimate of drug-likeness (QED) is 0.286. The molecule has 0 aliphatic heterocycles. The van der Waals surface area contributed by atoms with E-state index in [1.165, 1.54) is 7.11 Å². The highest BCUT2D eigenvalue weighted by Crippen LogP contribution is 2.36. The van der Waals surface area contributed by atoms with Crippen molar-refractivity contribution in [2.75, 3.05) is 7.11 Å². The summed E-state index contributed by atoms with van der Waals surface area (Å²) in [5, 5.41) is 10.1. The highest BCUT2D eigenvalue weighted by atomic mass is 19.3. The minimum atomic E-state index is -3.29. The number of ketones is 2. The number of unbranched alkanes of at least 4 members (excludes halogenated alkanes) is 1. The fourth-order valence-corrected chi connectivity index (χ4v) is 3.67. The molecule has 0 spiro atoms. The number of aliphatic hydroxyl groups is 1. The topological polar surface area (TPSA) is 80.7 Å². The number of carbonyl (C=O) groups is 3. The van der Waals surface area contributed by atoms with Gasteiger partial charge in [-0.15, -0.1) is 0 Å². The molecule has 0 unspecified atom stereocenters. The summed E-state index contributed by atoms with van der Waals surface area (Å²) in [7, 11) is 1.34. The van der Waals surface area contributed by atoms with Gasteiger partial charge in [-0.05, 0) is 44.4 Å². The van der Waals surface area contributed by atoms with E-state index >= 15 is 0 Å². The van der Waals surface area contributed by atoms with Crippen molar-refractivity contribution in [3.8, 4) is 0 Å². The molecule has 0 heterocycles. The smallest absolute Gasteiger partial charge is 0.305 e. The van der Waals surface area contributed by atoms with Crippen molar-refractivity contribution in [1.29, 1.82) is 0 Å². The zero-order chi connectivity index (χ0) is 21.2. The van der Waals surface area contributed by atoms with Gasteiger partial charge in [0.15, 0.2) is 0 Å². The molecule has 1 N–H and O–H groups in total. The molecule has 1 fully saturated rings. The van der Waals surface area contributed by atoms with Gasteiger partial charge in [-0.25, -0.2) is 0 Å². The minimum Gasteiger partial charge on any atom is -0.469 e. The lowest BCUT2D eigenvalue weighted by Gasteiger charge is -2.20. The van der Waals surface area contributed by atoms with Crippen LogP contribution in [0.2, 0.25) is 0 Å². The number of hydrogen-bond donors (Lipinski definition) is 1. The van der Waals surface area contributed by atoms with Crippen LogP contribution in [0.15, 0.2) is 12.2 Å². The number of esters is 1. The van der Waals surface area contributed by atoms with Gasteiger partial charge in [0.25, 0.3) is 0 Å². The van der Waals surface area contributed by atoms with Crippen molar-refractivity contribution < 1.29 is 33.0 Å². The molecule has 0 aromatic rings. The van der Waals surface area contributed by atoms with Crippen LogP contribution in [0.3, 0.4) is 0 Å². The summed E-state index contributed by atoms with van der Waals surface area (Å²) in [5.74, 6) is -5.34. The summed E-state index contributed by atoms with van der Waals surface area (Å²) in [4.78, 5) is 34.8. The maximum Gasteiger partial charge on any atom is 0.305 e. The largest absolute Gasteiger partial charge is 0.469 e. The molecular formula is C21H32F2O5. The Morgan fingerprint density at radius 3 is 2.61 bits per heavy atom. The van der Waals surface area contributed by atoms with E-state index in [0.29, 0.717) is 32.1 Å². The monoisotopic (exact) mass is 402 g/mol. The Labute approximate surface area is 165 Å². The molecule has 0 aromatic carbocycles.